The van der Waals surface area contributed by atoms with Crippen LogP contribution in [0.15, 0.2) is 54.6 Å². The highest BCUT2D eigenvalue weighted by Crippen LogP contribution is 2.57. The number of carbonyl (C=O) groups is 2. The van der Waals surface area contributed by atoms with E-state index in [0.29, 0.717) is 45.6 Å². The zero-order valence-electron chi connectivity index (χ0n) is 22.8. The highest BCUT2D eigenvalue weighted by Gasteiger charge is 2.54. The van der Waals surface area contributed by atoms with Crippen molar-refractivity contribution >= 4 is 34.9 Å². The first-order valence-corrected chi connectivity index (χ1v) is 13.5. The standard InChI is InChI=1S/C30H28ClF3N2O6/c1-40-21-12-17(3-8-26(37)38)11-19(14-21)35-27(22-6-4-18(31)13-25(22)41-2)28(39)36-16-29(9-10-29)23-7-5-20(15-24(23)36)42-30(32,33)34/h4-7,11-15,27,35H,3,8-10,16H2,1-2H3,(H,37,38). The van der Waals surface area contributed by atoms with E-state index in [2.05, 4.69) is 10.1 Å². The Balaban J connectivity index is 1.56. The van der Waals surface area contributed by atoms with Crippen molar-refractivity contribution < 1.29 is 42.1 Å². The number of halogens is 4. The predicted molar refractivity (Wildman–Crippen MR) is 150 cm³/mol. The predicted octanol–water partition coefficient (Wildman–Crippen LogP) is 6.50. The number of carboxylic acids is 1. The van der Waals surface area contributed by atoms with Gasteiger partial charge in [-0.1, -0.05) is 23.7 Å². The largest absolute Gasteiger partial charge is 0.573 e. The van der Waals surface area contributed by atoms with Gasteiger partial charge in [-0.05, 0) is 60.7 Å². The van der Waals surface area contributed by atoms with Crippen LogP contribution in [0.5, 0.6) is 17.2 Å². The number of benzene rings is 3. The summed E-state index contributed by atoms with van der Waals surface area (Å²) in [7, 11) is 2.92. The number of rotatable bonds is 10. The van der Waals surface area contributed by atoms with Crippen LogP contribution in [0.3, 0.4) is 0 Å². The molecule has 0 saturated heterocycles. The summed E-state index contributed by atoms with van der Waals surface area (Å²) < 4.78 is 54.2. The van der Waals surface area contributed by atoms with Crippen LogP contribution in [0.25, 0.3) is 0 Å². The van der Waals surface area contributed by atoms with Gasteiger partial charge in [-0.2, -0.15) is 0 Å². The number of hydrogen-bond acceptors (Lipinski definition) is 6. The van der Waals surface area contributed by atoms with Gasteiger partial charge < -0.3 is 29.5 Å². The lowest BCUT2D eigenvalue weighted by atomic mass is 9.99. The molecular weight excluding hydrogens is 577 g/mol. The van der Waals surface area contributed by atoms with Gasteiger partial charge in [0.25, 0.3) is 5.91 Å². The zero-order valence-corrected chi connectivity index (χ0v) is 23.5. The first kappa shape index (κ1) is 29.4. The number of carboxylic acid groups (broad SMARTS) is 1. The molecule has 1 aliphatic carbocycles. The fourth-order valence-corrected chi connectivity index (χ4v) is 5.57. The van der Waals surface area contributed by atoms with Crippen LogP contribution in [-0.4, -0.2) is 44.1 Å². The maximum Gasteiger partial charge on any atom is 0.573 e. The number of amides is 1. The third-order valence-corrected chi connectivity index (χ3v) is 7.77. The van der Waals surface area contributed by atoms with Crippen molar-refractivity contribution in [2.45, 2.75) is 43.5 Å². The van der Waals surface area contributed by atoms with Gasteiger partial charge in [0.15, 0.2) is 0 Å². The number of hydrogen-bond donors (Lipinski definition) is 2. The molecule has 1 atom stereocenters. The number of nitrogens with one attached hydrogen (secondary N) is 1. The molecule has 1 saturated carbocycles. The summed E-state index contributed by atoms with van der Waals surface area (Å²) in [6, 6.07) is 13.0. The van der Waals surface area contributed by atoms with Crippen molar-refractivity contribution in [1.29, 1.82) is 0 Å². The molecule has 1 fully saturated rings. The van der Waals surface area contributed by atoms with Crippen molar-refractivity contribution in [2.75, 3.05) is 31.0 Å². The molecule has 1 heterocycles. The maximum atomic E-state index is 14.4. The van der Waals surface area contributed by atoms with E-state index in [9.17, 15) is 22.8 Å². The molecule has 5 rings (SSSR count). The van der Waals surface area contributed by atoms with E-state index in [4.69, 9.17) is 26.2 Å². The fourth-order valence-electron chi connectivity index (χ4n) is 5.40. The Bertz CT molecular complexity index is 1530. The summed E-state index contributed by atoms with van der Waals surface area (Å²) in [6.07, 6.45) is -3.16. The lowest BCUT2D eigenvalue weighted by molar-refractivity contribution is -0.274. The molecule has 0 bridgehead atoms. The minimum absolute atomic E-state index is 0.102. The normalized spacial score (nSPS) is 15.6. The van der Waals surface area contributed by atoms with E-state index in [0.717, 1.165) is 18.4 Å². The van der Waals surface area contributed by atoms with Crippen molar-refractivity contribution in [1.82, 2.24) is 0 Å². The van der Waals surface area contributed by atoms with Gasteiger partial charge >= 0.3 is 12.3 Å². The van der Waals surface area contributed by atoms with Crippen molar-refractivity contribution in [2.24, 2.45) is 0 Å². The molecule has 2 aliphatic rings. The molecule has 8 nitrogen and oxygen atoms in total. The Hall–Kier alpha value is -4.12. The lowest BCUT2D eigenvalue weighted by Gasteiger charge is -2.28. The van der Waals surface area contributed by atoms with Gasteiger partial charge in [0.2, 0.25) is 0 Å². The number of nitrogens with zero attached hydrogens (tertiary/aromatic N) is 1. The Morgan fingerprint density at radius 3 is 2.45 bits per heavy atom. The molecule has 0 radical (unpaired) electrons. The number of aliphatic carboxylic acids is 1. The summed E-state index contributed by atoms with van der Waals surface area (Å²) in [5.41, 5.74) is 2.42. The number of methoxy groups -OCH3 is 2. The SMILES string of the molecule is COc1cc(CCC(=O)O)cc(NC(C(=O)N2CC3(CC3)c3ccc(OC(F)(F)F)cc32)c2ccc(Cl)cc2OC)c1. The molecule has 1 aliphatic heterocycles. The van der Waals surface area contributed by atoms with Gasteiger partial charge in [0.05, 0.1) is 19.9 Å². The van der Waals surface area contributed by atoms with Crippen LogP contribution >= 0.6 is 11.6 Å². The minimum Gasteiger partial charge on any atom is -0.497 e. The van der Waals surface area contributed by atoms with Gasteiger partial charge in [0.1, 0.15) is 23.3 Å². The summed E-state index contributed by atoms with van der Waals surface area (Å²) in [5, 5.41) is 12.8. The lowest BCUT2D eigenvalue weighted by Crippen LogP contribution is -2.38. The van der Waals surface area contributed by atoms with E-state index in [1.165, 1.54) is 31.3 Å². The van der Waals surface area contributed by atoms with Crippen LogP contribution < -0.4 is 24.4 Å². The quantitative estimate of drug-likeness (QED) is 0.272. The molecule has 12 heteroatoms. The topological polar surface area (TPSA) is 97.3 Å². The van der Waals surface area contributed by atoms with E-state index in [-0.39, 0.29) is 18.3 Å². The molecule has 1 unspecified atom stereocenters. The van der Waals surface area contributed by atoms with Crippen LogP contribution in [0.4, 0.5) is 24.5 Å². The molecule has 2 N–H and O–H groups in total. The van der Waals surface area contributed by atoms with Crippen molar-refractivity contribution in [3.05, 3.63) is 76.3 Å². The highest BCUT2D eigenvalue weighted by atomic mass is 35.5. The number of fused-ring (bicyclic) bond motifs is 2. The smallest absolute Gasteiger partial charge is 0.497 e. The number of alkyl halides is 3. The summed E-state index contributed by atoms with van der Waals surface area (Å²) in [4.78, 5) is 27.1. The summed E-state index contributed by atoms with van der Waals surface area (Å²) in [5.74, 6) is -1.02. The molecule has 222 valence electrons. The highest BCUT2D eigenvalue weighted by molar-refractivity contribution is 6.30. The van der Waals surface area contributed by atoms with Gasteiger partial charge in [0, 0.05) is 46.8 Å². The van der Waals surface area contributed by atoms with Crippen LogP contribution in [0.1, 0.15) is 42.0 Å². The molecule has 3 aromatic rings. The van der Waals surface area contributed by atoms with E-state index in [1.54, 1.807) is 42.5 Å². The average molecular weight is 605 g/mol. The first-order valence-electron chi connectivity index (χ1n) is 13.1. The number of carbonyl (C=O) groups excluding carboxylic acids is 1. The second-order valence-electron chi connectivity index (χ2n) is 10.4. The van der Waals surface area contributed by atoms with Gasteiger partial charge in [-0.15, -0.1) is 13.2 Å². The Morgan fingerprint density at radius 1 is 1.05 bits per heavy atom. The second-order valence-corrected chi connectivity index (χ2v) is 10.8. The van der Waals surface area contributed by atoms with E-state index < -0.39 is 30.0 Å². The van der Waals surface area contributed by atoms with Crippen molar-refractivity contribution in [3.8, 4) is 17.2 Å². The molecule has 1 spiro atoms. The second kappa shape index (κ2) is 11.3. The zero-order chi connectivity index (χ0) is 30.2. The fraction of sp³-hybridized carbons (Fsp3) is 0.333. The Morgan fingerprint density at radius 2 is 1.81 bits per heavy atom. The molecule has 42 heavy (non-hydrogen) atoms. The first-order chi connectivity index (χ1) is 19.9. The van der Waals surface area contributed by atoms with E-state index in [1.807, 2.05) is 0 Å². The summed E-state index contributed by atoms with van der Waals surface area (Å²) >= 11 is 6.20. The van der Waals surface area contributed by atoms with E-state index >= 15 is 0 Å². The molecule has 1 amide bonds. The van der Waals surface area contributed by atoms with Crippen molar-refractivity contribution in [3.63, 3.8) is 0 Å². The Labute approximate surface area is 244 Å². The maximum absolute atomic E-state index is 14.4. The minimum atomic E-state index is -4.88. The molecule has 3 aromatic carbocycles. The third kappa shape index (κ3) is 6.20. The van der Waals surface area contributed by atoms with Crippen LogP contribution in [0.2, 0.25) is 5.02 Å². The Kier molecular flexibility index (Phi) is 7.89. The number of ether oxygens (including phenoxy) is 3. The van der Waals surface area contributed by atoms with Gasteiger partial charge in [-0.25, -0.2) is 0 Å². The average Bonchev–Trinajstić information content (AvgIpc) is 3.65. The number of anilines is 2. The third-order valence-electron chi connectivity index (χ3n) is 7.54. The monoisotopic (exact) mass is 604 g/mol. The molecular formula is C30H28ClF3N2O6. The van der Waals surface area contributed by atoms with Gasteiger partial charge in [-0.3, -0.25) is 9.59 Å². The van der Waals surface area contributed by atoms with Crippen LogP contribution in [0, 0.1) is 0 Å². The van der Waals surface area contributed by atoms with Crippen LogP contribution in [-0.2, 0) is 21.4 Å². The number of aryl methyl sites for hydroxylation is 1. The summed E-state index contributed by atoms with van der Waals surface area (Å²) in [6.45, 7) is 0.298. The molecule has 0 aromatic heterocycles.